The molecular weight excluding hydrogens is 385 g/mol. The molecule has 0 bridgehead atoms. The average molecular weight is 404 g/mol. The van der Waals surface area contributed by atoms with Gasteiger partial charge in [0.1, 0.15) is 12.4 Å². The molecular formula is C16H19Cl2N3O5. The Kier molecular flexibility index (Phi) is 7.80. The predicted octanol–water partition coefficient (Wildman–Crippen LogP) is 2.14. The zero-order chi connectivity index (χ0) is 18.9. The maximum Gasteiger partial charge on any atom is 0.409 e. The second kappa shape index (κ2) is 10.1. The van der Waals surface area contributed by atoms with Gasteiger partial charge in [0, 0.05) is 24.4 Å². The second-order valence-electron chi connectivity index (χ2n) is 5.47. The zero-order valence-electron chi connectivity index (χ0n) is 13.9. The monoisotopic (exact) mass is 403 g/mol. The van der Waals surface area contributed by atoms with E-state index in [1.165, 1.54) is 4.90 Å². The van der Waals surface area contributed by atoms with Crippen molar-refractivity contribution in [2.45, 2.75) is 19.3 Å². The van der Waals surface area contributed by atoms with Crippen LogP contribution >= 0.6 is 23.2 Å². The van der Waals surface area contributed by atoms with Crippen molar-refractivity contribution < 1.29 is 23.9 Å². The summed E-state index contributed by atoms with van der Waals surface area (Å²) in [4.78, 5) is 36.0. The number of nitrogens with one attached hydrogen (secondary N) is 2. The van der Waals surface area contributed by atoms with Crippen LogP contribution in [-0.2, 0) is 14.3 Å². The Balaban J connectivity index is 1.55. The van der Waals surface area contributed by atoms with Gasteiger partial charge in [-0.15, -0.1) is 0 Å². The molecule has 26 heavy (non-hydrogen) atoms. The van der Waals surface area contributed by atoms with Gasteiger partial charge in [0.25, 0.3) is 0 Å². The summed E-state index contributed by atoms with van der Waals surface area (Å²) in [6.07, 6.45) is 0.264. The van der Waals surface area contributed by atoms with Gasteiger partial charge >= 0.3 is 6.09 Å². The minimum Gasteiger partial charge on any atom is -0.492 e. The lowest BCUT2D eigenvalue weighted by atomic mass is 10.3. The molecule has 0 unspecified atom stereocenters. The molecule has 2 N–H and O–H groups in total. The Labute approximate surface area is 160 Å². The van der Waals surface area contributed by atoms with Crippen molar-refractivity contribution in [1.82, 2.24) is 15.8 Å². The fourth-order valence-electron chi connectivity index (χ4n) is 2.14. The van der Waals surface area contributed by atoms with Crippen molar-refractivity contribution in [3.8, 4) is 5.75 Å². The SMILES string of the molecule is O=C(CCCOc1ccc(Cl)cc1Cl)NNC(=O)CCN1CCOC1=O. The molecule has 0 atom stereocenters. The summed E-state index contributed by atoms with van der Waals surface area (Å²) in [5, 5.41) is 0.912. The molecule has 1 aliphatic rings. The fourth-order valence-corrected chi connectivity index (χ4v) is 2.60. The van der Waals surface area contributed by atoms with Gasteiger partial charge < -0.3 is 14.4 Å². The Morgan fingerprint density at radius 1 is 1.19 bits per heavy atom. The first-order valence-corrected chi connectivity index (χ1v) is 8.78. The van der Waals surface area contributed by atoms with Gasteiger partial charge in [-0.25, -0.2) is 4.79 Å². The van der Waals surface area contributed by atoms with E-state index in [1.807, 2.05) is 0 Å². The van der Waals surface area contributed by atoms with Gasteiger partial charge in [-0.1, -0.05) is 23.2 Å². The third-order valence-electron chi connectivity index (χ3n) is 3.49. The summed E-state index contributed by atoms with van der Waals surface area (Å²) in [6, 6.07) is 4.89. The summed E-state index contributed by atoms with van der Waals surface area (Å²) in [5.41, 5.74) is 4.62. The molecule has 0 spiro atoms. The lowest BCUT2D eigenvalue weighted by Crippen LogP contribution is -2.42. The molecule has 1 fully saturated rings. The van der Waals surface area contributed by atoms with Crippen LogP contribution in [0, 0.1) is 0 Å². The number of nitrogens with zero attached hydrogens (tertiary/aromatic N) is 1. The number of carbonyl (C=O) groups excluding carboxylic acids is 3. The highest BCUT2D eigenvalue weighted by molar-refractivity contribution is 6.35. The van der Waals surface area contributed by atoms with Crippen molar-refractivity contribution in [2.75, 3.05) is 26.3 Å². The van der Waals surface area contributed by atoms with Gasteiger partial charge in [0.05, 0.1) is 18.2 Å². The molecule has 1 aromatic carbocycles. The standard InChI is InChI=1S/C16H19Cl2N3O5/c17-11-3-4-13(12(18)10-11)25-8-1-2-14(22)19-20-15(23)5-6-21-7-9-26-16(21)24/h3-4,10H,1-2,5-9H2,(H,19,22)(H,20,23). The van der Waals surface area contributed by atoms with Gasteiger partial charge in [0.15, 0.2) is 0 Å². The smallest absolute Gasteiger partial charge is 0.409 e. The summed E-state index contributed by atoms with van der Waals surface area (Å²) in [7, 11) is 0. The second-order valence-corrected chi connectivity index (χ2v) is 6.32. The number of halogens is 2. The molecule has 1 saturated heterocycles. The van der Waals surface area contributed by atoms with Gasteiger partial charge in [-0.05, 0) is 24.6 Å². The highest BCUT2D eigenvalue weighted by Crippen LogP contribution is 2.27. The third kappa shape index (κ3) is 6.61. The molecule has 142 valence electrons. The van der Waals surface area contributed by atoms with Crippen LogP contribution in [0.5, 0.6) is 5.75 Å². The summed E-state index contributed by atoms with van der Waals surface area (Å²) in [5.74, 6) is -0.239. The van der Waals surface area contributed by atoms with E-state index in [0.29, 0.717) is 42.0 Å². The minimum absolute atomic E-state index is 0.0769. The van der Waals surface area contributed by atoms with Crippen LogP contribution in [0.15, 0.2) is 18.2 Å². The number of hydrogen-bond donors (Lipinski definition) is 2. The van der Waals surface area contributed by atoms with Gasteiger partial charge in [-0.3, -0.25) is 20.4 Å². The lowest BCUT2D eigenvalue weighted by Gasteiger charge is -2.12. The first kappa shape index (κ1) is 20.1. The Morgan fingerprint density at radius 3 is 2.58 bits per heavy atom. The van der Waals surface area contributed by atoms with E-state index in [1.54, 1.807) is 18.2 Å². The molecule has 0 aromatic heterocycles. The van der Waals surface area contributed by atoms with Crippen LogP contribution in [0.2, 0.25) is 10.0 Å². The van der Waals surface area contributed by atoms with Crippen LogP contribution in [0.4, 0.5) is 4.79 Å². The van der Waals surface area contributed by atoms with Crippen LogP contribution in [-0.4, -0.2) is 49.1 Å². The zero-order valence-corrected chi connectivity index (χ0v) is 15.4. The number of carbonyl (C=O) groups is 3. The van der Waals surface area contributed by atoms with Gasteiger partial charge in [-0.2, -0.15) is 0 Å². The predicted molar refractivity (Wildman–Crippen MR) is 95.0 cm³/mol. The van der Waals surface area contributed by atoms with E-state index in [-0.39, 0.29) is 31.2 Å². The molecule has 10 heteroatoms. The van der Waals surface area contributed by atoms with E-state index in [2.05, 4.69) is 10.9 Å². The minimum atomic E-state index is -0.428. The largest absolute Gasteiger partial charge is 0.492 e. The maximum absolute atomic E-state index is 11.7. The van der Waals surface area contributed by atoms with Gasteiger partial charge in [0.2, 0.25) is 11.8 Å². The Hall–Kier alpha value is -2.19. The van der Waals surface area contributed by atoms with Crippen LogP contribution in [0.3, 0.4) is 0 Å². The number of hydrogen-bond acceptors (Lipinski definition) is 5. The fraction of sp³-hybridized carbons (Fsp3) is 0.438. The van der Waals surface area contributed by atoms with E-state index >= 15 is 0 Å². The average Bonchev–Trinajstić information content (AvgIpc) is 3.01. The van der Waals surface area contributed by atoms with E-state index in [4.69, 9.17) is 32.7 Å². The van der Waals surface area contributed by atoms with Crippen molar-refractivity contribution in [3.05, 3.63) is 28.2 Å². The molecule has 3 amide bonds. The first-order valence-electron chi connectivity index (χ1n) is 8.03. The van der Waals surface area contributed by atoms with Crippen molar-refractivity contribution in [3.63, 3.8) is 0 Å². The van der Waals surface area contributed by atoms with Crippen molar-refractivity contribution in [1.29, 1.82) is 0 Å². The summed E-state index contributed by atoms with van der Waals surface area (Å²) in [6.45, 7) is 1.34. The maximum atomic E-state index is 11.7. The molecule has 0 saturated carbocycles. The van der Waals surface area contributed by atoms with Crippen molar-refractivity contribution in [2.24, 2.45) is 0 Å². The highest BCUT2D eigenvalue weighted by atomic mass is 35.5. The molecule has 8 nitrogen and oxygen atoms in total. The first-order chi connectivity index (χ1) is 12.5. The molecule has 0 radical (unpaired) electrons. The van der Waals surface area contributed by atoms with Crippen LogP contribution in [0.25, 0.3) is 0 Å². The number of amides is 3. The molecule has 1 heterocycles. The normalized spacial score (nSPS) is 13.3. The summed E-state index contributed by atoms with van der Waals surface area (Å²) >= 11 is 11.8. The quantitative estimate of drug-likeness (QED) is 0.511. The van der Waals surface area contributed by atoms with Crippen LogP contribution < -0.4 is 15.6 Å². The number of benzene rings is 1. The topological polar surface area (TPSA) is 97.0 Å². The molecule has 1 aromatic rings. The molecule has 2 rings (SSSR count). The number of rotatable bonds is 8. The van der Waals surface area contributed by atoms with E-state index in [9.17, 15) is 14.4 Å². The number of hydrazine groups is 1. The summed E-state index contributed by atoms with van der Waals surface area (Å²) < 4.78 is 10.2. The Bertz CT molecular complexity index is 671. The number of ether oxygens (including phenoxy) is 2. The number of cyclic esters (lactones) is 1. The van der Waals surface area contributed by atoms with E-state index < -0.39 is 6.09 Å². The van der Waals surface area contributed by atoms with Crippen molar-refractivity contribution >= 4 is 41.1 Å². The van der Waals surface area contributed by atoms with E-state index in [0.717, 1.165) is 0 Å². The third-order valence-corrected chi connectivity index (χ3v) is 4.03. The molecule has 1 aliphatic heterocycles. The lowest BCUT2D eigenvalue weighted by molar-refractivity contribution is -0.129. The Morgan fingerprint density at radius 2 is 1.92 bits per heavy atom. The van der Waals surface area contributed by atoms with Crippen LogP contribution in [0.1, 0.15) is 19.3 Å². The molecule has 0 aliphatic carbocycles. The highest BCUT2D eigenvalue weighted by Gasteiger charge is 2.22.